The third-order valence-electron chi connectivity index (χ3n) is 3.15. The summed E-state index contributed by atoms with van der Waals surface area (Å²) in [4.78, 5) is 12.2. The van der Waals surface area contributed by atoms with Crippen molar-refractivity contribution < 1.29 is 19.1 Å². The van der Waals surface area contributed by atoms with E-state index >= 15 is 0 Å². The standard InChI is InChI=1S/C15H19NO4/c1-9(17)6-7-16-15(18)14-10(2)20-13-5-4-11(19-3)8-12(13)14/h4-5,8-9,17H,6-7H2,1-3H3,(H,16,18). The van der Waals surface area contributed by atoms with Crippen LogP contribution in [-0.2, 0) is 0 Å². The molecule has 5 heteroatoms. The molecule has 2 N–H and O–H groups in total. The Kier molecular flexibility index (Phi) is 4.29. The van der Waals surface area contributed by atoms with E-state index in [1.165, 1.54) is 0 Å². The van der Waals surface area contributed by atoms with Crippen LogP contribution >= 0.6 is 0 Å². The van der Waals surface area contributed by atoms with Crippen LogP contribution in [0.4, 0.5) is 0 Å². The third kappa shape index (κ3) is 2.93. The Morgan fingerprint density at radius 1 is 1.50 bits per heavy atom. The summed E-state index contributed by atoms with van der Waals surface area (Å²) in [6, 6.07) is 5.36. The second kappa shape index (κ2) is 5.96. The molecule has 2 aromatic rings. The van der Waals surface area contributed by atoms with Crippen molar-refractivity contribution in [1.82, 2.24) is 5.32 Å². The first-order valence-corrected chi connectivity index (χ1v) is 6.56. The highest BCUT2D eigenvalue weighted by Gasteiger charge is 2.18. The zero-order chi connectivity index (χ0) is 14.7. The van der Waals surface area contributed by atoms with Crippen molar-refractivity contribution in [3.63, 3.8) is 0 Å². The highest BCUT2D eigenvalue weighted by molar-refractivity contribution is 6.07. The minimum absolute atomic E-state index is 0.199. The number of carbonyl (C=O) groups excluding carboxylic acids is 1. The maximum absolute atomic E-state index is 12.2. The summed E-state index contributed by atoms with van der Waals surface area (Å²) >= 11 is 0. The molecule has 0 aliphatic carbocycles. The summed E-state index contributed by atoms with van der Waals surface area (Å²) in [5.41, 5.74) is 1.17. The first kappa shape index (κ1) is 14.4. The molecule has 0 bridgehead atoms. The van der Waals surface area contributed by atoms with Crippen LogP contribution in [0.5, 0.6) is 5.75 Å². The van der Waals surface area contributed by atoms with Crippen molar-refractivity contribution >= 4 is 16.9 Å². The van der Waals surface area contributed by atoms with E-state index in [4.69, 9.17) is 9.15 Å². The average Bonchev–Trinajstić information content (AvgIpc) is 2.72. The Labute approximate surface area is 117 Å². The van der Waals surface area contributed by atoms with E-state index in [2.05, 4.69) is 5.32 Å². The average molecular weight is 277 g/mol. The number of hydrogen-bond acceptors (Lipinski definition) is 4. The summed E-state index contributed by atoms with van der Waals surface area (Å²) < 4.78 is 10.8. The van der Waals surface area contributed by atoms with Crippen LogP contribution in [0.2, 0.25) is 0 Å². The topological polar surface area (TPSA) is 71.7 Å². The fourth-order valence-electron chi connectivity index (χ4n) is 2.09. The highest BCUT2D eigenvalue weighted by Crippen LogP contribution is 2.28. The van der Waals surface area contributed by atoms with Gasteiger partial charge in [0.15, 0.2) is 0 Å². The summed E-state index contributed by atoms with van der Waals surface area (Å²) in [5.74, 6) is 1.05. The van der Waals surface area contributed by atoms with E-state index in [9.17, 15) is 9.90 Å². The number of hydrogen-bond donors (Lipinski definition) is 2. The van der Waals surface area contributed by atoms with Gasteiger partial charge >= 0.3 is 0 Å². The van der Waals surface area contributed by atoms with Crippen LogP contribution in [0.15, 0.2) is 22.6 Å². The fourth-order valence-corrected chi connectivity index (χ4v) is 2.09. The van der Waals surface area contributed by atoms with Gasteiger partial charge in [0.1, 0.15) is 17.1 Å². The molecule has 0 spiro atoms. The predicted octanol–water partition coefficient (Wildman–Crippen LogP) is 2.25. The van der Waals surface area contributed by atoms with Crippen LogP contribution in [0, 0.1) is 6.92 Å². The van der Waals surface area contributed by atoms with Gasteiger partial charge in [0.05, 0.1) is 18.8 Å². The van der Waals surface area contributed by atoms with E-state index in [0.29, 0.717) is 35.6 Å². The SMILES string of the molecule is COc1ccc2oc(C)c(C(=O)NCCC(C)O)c2c1. The number of aryl methyl sites for hydroxylation is 1. The van der Waals surface area contributed by atoms with Gasteiger partial charge in [0, 0.05) is 11.9 Å². The first-order valence-electron chi connectivity index (χ1n) is 6.56. The van der Waals surface area contributed by atoms with Crippen molar-refractivity contribution in [1.29, 1.82) is 0 Å². The number of methoxy groups -OCH3 is 1. The van der Waals surface area contributed by atoms with Gasteiger partial charge in [-0.3, -0.25) is 4.79 Å². The van der Waals surface area contributed by atoms with Gasteiger partial charge in [0.25, 0.3) is 5.91 Å². The smallest absolute Gasteiger partial charge is 0.255 e. The van der Waals surface area contributed by atoms with Gasteiger partial charge in [-0.2, -0.15) is 0 Å². The molecule has 1 heterocycles. The second-order valence-corrected chi connectivity index (χ2v) is 4.79. The molecule has 0 saturated carbocycles. The lowest BCUT2D eigenvalue weighted by atomic mass is 10.1. The summed E-state index contributed by atoms with van der Waals surface area (Å²) in [5, 5.41) is 12.7. The second-order valence-electron chi connectivity index (χ2n) is 4.79. The molecular formula is C15H19NO4. The van der Waals surface area contributed by atoms with E-state index in [1.807, 2.05) is 0 Å². The van der Waals surface area contributed by atoms with Crippen molar-refractivity contribution in [3.8, 4) is 5.75 Å². The molecule has 108 valence electrons. The molecule has 0 radical (unpaired) electrons. The highest BCUT2D eigenvalue weighted by atomic mass is 16.5. The number of fused-ring (bicyclic) bond motifs is 1. The van der Waals surface area contributed by atoms with Gasteiger partial charge in [0.2, 0.25) is 0 Å². The normalized spacial score (nSPS) is 12.4. The maximum atomic E-state index is 12.2. The lowest BCUT2D eigenvalue weighted by molar-refractivity contribution is 0.0945. The zero-order valence-electron chi connectivity index (χ0n) is 11.9. The van der Waals surface area contributed by atoms with Crippen LogP contribution in [0.25, 0.3) is 11.0 Å². The number of benzene rings is 1. The molecule has 1 atom stereocenters. The number of rotatable bonds is 5. The first-order chi connectivity index (χ1) is 9.52. The quantitative estimate of drug-likeness (QED) is 0.879. The van der Waals surface area contributed by atoms with Crippen molar-refractivity contribution in [2.75, 3.05) is 13.7 Å². The third-order valence-corrected chi connectivity index (χ3v) is 3.15. The maximum Gasteiger partial charge on any atom is 0.255 e. The predicted molar refractivity (Wildman–Crippen MR) is 76.1 cm³/mol. The van der Waals surface area contributed by atoms with E-state index < -0.39 is 6.10 Å². The van der Waals surface area contributed by atoms with E-state index in [1.54, 1.807) is 39.2 Å². The zero-order valence-corrected chi connectivity index (χ0v) is 11.9. The molecule has 0 fully saturated rings. The van der Waals surface area contributed by atoms with Crippen LogP contribution in [0.3, 0.4) is 0 Å². The molecule has 0 saturated heterocycles. The Morgan fingerprint density at radius 2 is 2.25 bits per heavy atom. The van der Waals surface area contributed by atoms with Gasteiger partial charge in [-0.05, 0) is 38.5 Å². The summed E-state index contributed by atoms with van der Waals surface area (Å²) in [7, 11) is 1.58. The lowest BCUT2D eigenvalue weighted by Gasteiger charge is -2.06. The lowest BCUT2D eigenvalue weighted by Crippen LogP contribution is -2.26. The van der Waals surface area contributed by atoms with Gasteiger partial charge < -0.3 is 19.6 Å². The number of aliphatic hydroxyl groups excluding tert-OH is 1. The molecule has 5 nitrogen and oxygen atoms in total. The Hall–Kier alpha value is -2.01. The number of nitrogens with one attached hydrogen (secondary N) is 1. The largest absolute Gasteiger partial charge is 0.497 e. The Balaban J connectivity index is 2.27. The van der Waals surface area contributed by atoms with Gasteiger partial charge in [-0.25, -0.2) is 0 Å². The Bertz CT molecular complexity index is 616. The molecule has 1 unspecified atom stereocenters. The van der Waals surface area contributed by atoms with Gasteiger partial charge in [-0.1, -0.05) is 0 Å². The van der Waals surface area contributed by atoms with Crippen LogP contribution < -0.4 is 10.1 Å². The molecule has 20 heavy (non-hydrogen) atoms. The van der Waals surface area contributed by atoms with E-state index in [-0.39, 0.29) is 5.91 Å². The van der Waals surface area contributed by atoms with Crippen molar-refractivity contribution in [2.45, 2.75) is 26.4 Å². The Morgan fingerprint density at radius 3 is 2.90 bits per heavy atom. The van der Waals surface area contributed by atoms with Crippen molar-refractivity contribution in [3.05, 3.63) is 29.5 Å². The summed E-state index contributed by atoms with van der Waals surface area (Å²) in [6.45, 7) is 3.87. The van der Waals surface area contributed by atoms with Gasteiger partial charge in [-0.15, -0.1) is 0 Å². The molecular weight excluding hydrogens is 258 g/mol. The molecule has 2 rings (SSSR count). The molecule has 1 aromatic heterocycles. The van der Waals surface area contributed by atoms with E-state index in [0.717, 1.165) is 5.39 Å². The fraction of sp³-hybridized carbons (Fsp3) is 0.400. The minimum atomic E-state index is -0.433. The van der Waals surface area contributed by atoms with Crippen molar-refractivity contribution in [2.24, 2.45) is 0 Å². The molecule has 0 aliphatic rings. The minimum Gasteiger partial charge on any atom is -0.497 e. The van der Waals surface area contributed by atoms with Crippen LogP contribution in [-0.4, -0.2) is 30.8 Å². The summed E-state index contributed by atoms with van der Waals surface area (Å²) in [6.07, 6.45) is 0.0850. The number of furan rings is 1. The molecule has 1 aromatic carbocycles. The number of aliphatic hydroxyl groups is 1. The molecule has 1 amide bonds. The van der Waals surface area contributed by atoms with Crippen LogP contribution in [0.1, 0.15) is 29.5 Å². The molecule has 0 aliphatic heterocycles. The number of ether oxygens (including phenoxy) is 1. The number of amides is 1. The number of carbonyl (C=O) groups is 1. The monoisotopic (exact) mass is 277 g/mol.